The molecule has 0 aliphatic carbocycles. The van der Waals surface area contributed by atoms with E-state index >= 15 is 0 Å². The van der Waals surface area contributed by atoms with Crippen LogP contribution in [0.25, 0.3) is 0 Å². The third-order valence-corrected chi connectivity index (χ3v) is 0.272. The van der Waals surface area contributed by atoms with E-state index in [1.807, 2.05) is 0 Å². The van der Waals surface area contributed by atoms with E-state index < -0.39 is 0 Å². The van der Waals surface area contributed by atoms with E-state index in [0.29, 0.717) is 6.61 Å². The van der Waals surface area contributed by atoms with E-state index in [-0.39, 0.29) is 0 Å². The predicted molar refractivity (Wildman–Crippen MR) is 11.3 cm³/mol. The average molecular weight is 59.0 g/mol. The maximum absolute atomic E-state index is 4.17. The molecule has 1 saturated heterocycles. The maximum atomic E-state index is 4.17. The summed E-state index contributed by atoms with van der Waals surface area (Å²) in [6, 6.07) is 0. The highest BCUT2D eigenvalue weighted by Crippen LogP contribution is 1.94. The van der Waals surface area contributed by atoms with Gasteiger partial charge in [0.15, 0.2) is 6.61 Å². The van der Waals surface area contributed by atoms with Crippen molar-refractivity contribution in [2.45, 2.75) is 0 Å². The Morgan fingerprint density at radius 2 is 2.00 bits per heavy atom. The zero-order chi connectivity index (χ0) is 2.83. The summed E-state index contributed by atoms with van der Waals surface area (Å²) in [7, 11) is 0. The van der Waals surface area contributed by atoms with Gasteiger partial charge in [-0.05, 0) is 0 Å². The summed E-state index contributed by atoms with van der Waals surface area (Å²) in [5.74, 6) is 0. The summed E-state index contributed by atoms with van der Waals surface area (Å²) >= 11 is 0. The standard InChI is InChI=1S/C2H3O2/c1-2-4-3-1/h1H,2H2. The van der Waals surface area contributed by atoms with Crippen LogP contribution >= 0.6 is 0 Å². The zero-order valence-corrected chi connectivity index (χ0v) is 2.10. The lowest BCUT2D eigenvalue weighted by atomic mass is 10.8. The molecule has 1 aliphatic rings. The van der Waals surface area contributed by atoms with Gasteiger partial charge < -0.3 is 0 Å². The Labute approximate surface area is 24.3 Å². The lowest BCUT2D eigenvalue weighted by Gasteiger charge is -2.06. The molecule has 0 aromatic carbocycles. The fourth-order valence-electron chi connectivity index (χ4n) is 0.0680. The molecular formula is C2H3O2. The van der Waals surface area contributed by atoms with Gasteiger partial charge in [-0.15, -0.1) is 0 Å². The molecular weight excluding hydrogens is 56.0 g/mol. The van der Waals surface area contributed by atoms with Crippen molar-refractivity contribution in [3.63, 3.8) is 0 Å². The normalized spacial score (nSPS) is 24.0. The first kappa shape index (κ1) is 2.18. The van der Waals surface area contributed by atoms with Gasteiger partial charge in [-0.25, -0.2) is 9.78 Å². The molecule has 1 fully saturated rings. The summed E-state index contributed by atoms with van der Waals surface area (Å²) in [6.45, 7) is 2.24. The average Bonchev–Trinajstić information content (AvgIpc) is 0.722. The molecule has 0 saturated carbocycles. The molecule has 0 aromatic heterocycles. The van der Waals surface area contributed by atoms with E-state index in [9.17, 15) is 0 Å². The van der Waals surface area contributed by atoms with Crippen molar-refractivity contribution in [3.05, 3.63) is 6.61 Å². The van der Waals surface area contributed by atoms with Crippen molar-refractivity contribution in [1.29, 1.82) is 0 Å². The first-order valence-electron chi connectivity index (χ1n) is 1.10. The summed E-state index contributed by atoms with van der Waals surface area (Å²) in [6.07, 6.45) is 0. The molecule has 1 aliphatic heterocycles. The molecule has 1 heterocycles. The van der Waals surface area contributed by atoms with Crippen molar-refractivity contribution in [1.82, 2.24) is 0 Å². The van der Waals surface area contributed by atoms with Crippen LogP contribution in [0, 0.1) is 6.61 Å². The molecule has 0 unspecified atom stereocenters. The van der Waals surface area contributed by atoms with Gasteiger partial charge in [-0.2, -0.15) is 0 Å². The van der Waals surface area contributed by atoms with Gasteiger partial charge in [-0.3, -0.25) is 0 Å². The number of hydrogen-bond acceptors (Lipinski definition) is 2. The molecule has 0 atom stereocenters. The Balaban J connectivity index is 2.00. The Morgan fingerprint density at radius 1 is 1.75 bits per heavy atom. The summed E-state index contributed by atoms with van der Waals surface area (Å²) < 4.78 is 0. The van der Waals surface area contributed by atoms with Crippen molar-refractivity contribution in [3.8, 4) is 0 Å². The Hall–Kier alpha value is -0.0800. The van der Waals surface area contributed by atoms with Crippen LogP contribution in [0.1, 0.15) is 0 Å². The van der Waals surface area contributed by atoms with Crippen LogP contribution in [0.5, 0.6) is 0 Å². The van der Waals surface area contributed by atoms with Gasteiger partial charge in [-0.1, -0.05) is 0 Å². The predicted octanol–water partition coefficient (Wildman–Crippen LogP) is 0.110. The molecule has 2 nitrogen and oxygen atoms in total. The molecule has 0 N–H and O–H groups in total. The van der Waals surface area contributed by atoms with E-state index in [2.05, 4.69) is 9.78 Å². The van der Waals surface area contributed by atoms with Gasteiger partial charge in [0.1, 0.15) is 6.61 Å². The highest BCUT2D eigenvalue weighted by atomic mass is 17.2. The topological polar surface area (TPSA) is 18.5 Å². The molecule has 0 bridgehead atoms. The van der Waals surface area contributed by atoms with Crippen molar-refractivity contribution in [2.75, 3.05) is 6.61 Å². The van der Waals surface area contributed by atoms with Crippen LogP contribution in [0.2, 0.25) is 0 Å². The highest BCUT2D eigenvalue weighted by Gasteiger charge is 1.97. The van der Waals surface area contributed by atoms with Crippen LogP contribution < -0.4 is 0 Å². The van der Waals surface area contributed by atoms with E-state index in [1.165, 1.54) is 0 Å². The summed E-state index contributed by atoms with van der Waals surface area (Å²) in [5, 5.41) is 0. The highest BCUT2D eigenvalue weighted by molar-refractivity contribution is 4.45. The number of hydrogen-bond donors (Lipinski definition) is 0. The third-order valence-electron chi connectivity index (χ3n) is 0.272. The smallest absolute Gasteiger partial charge is 0.151 e. The first-order chi connectivity index (χ1) is 2.00. The largest absolute Gasteiger partial charge is 0.233 e. The molecule has 0 aromatic rings. The van der Waals surface area contributed by atoms with Gasteiger partial charge in [0.2, 0.25) is 0 Å². The Morgan fingerprint density at radius 3 is 2.00 bits per heavy atom. The summed E-state index contributed by atoms with van der Waals surface area (Å²) in [5.41, 5.74) is 0. The van der Waals surface area contributed by atoms with E-state index in [4.69, 9.17) is 0 Å². The van der Waals surface area contributed by atoms with Crippen LogP contribution in [0.3, 0.4) is 0 Å². The van der Waals surface area contributed by atoms with Crippen LogP contribution in [0.4, 0.5) is 0 Å². The molecule has 23 valence electrons. The minimum Gasteiger partial charge on any atom is -0.233 e. The second kappa shape index (κ2) is 0.701. The third kappa shape index (κ3) is 0.106. The monoisotopic (exact) mass is 59.0 g/mol. The van der Waals surface area contributed by atoms with Crippen molar-refractivity contribution < 1.29 is 9.78 Å². The molecule has 0 spiro atoms. The van der Waals surface area contributed by atoms with Crippen molar-refractivity contribution in [2.24, 2.45) is 0 Å². The minimum absolute atomic E-state index is 0.653. The quantitative estimate of drug-likeness (QED) is 0.369. The lowest BCUT2D eigenvalue weighted by Crippen LogP contribution is -2.07. The lowest BCUT2D eigenvalue weighted by molar-refractivity contribution is -0.344. The summed E-state index contributed by atoms with van der Waals surface area (Å²) in [4.78, 5) is 8.26. The van der Waals surface area contributed by atoms with Gasteiger partial charge in [0.25, 0.3) is 0 Å². The second-order valence-corrected chi connectivity index (χ2v) is 0.547. The first-order valence-corrected chi connectivity index (χ1v) is 1.10. The van der Waals surface area contributed by atoms with E-state index in [0.717, 1.165) is 0 Å². The molecule has 0 amide bonds. The van der Waals surface area contributed by atoms with Gasteiger partial charge >= 0.3 is 0 Å². The van der Waals surface area contributed by atoms with Crippen LogP contribution in [-0.4, -0.2) is 6.61 Å². The zero-order valence-electron chi connectivity index (χ0n) is 2.10. The number of rotatable bonds is 0. The molecule has 1 rings (SSSR count). The fraction of sp³-hybridized carbons (Fsp3) is 0.500. The van der Waals surface area contributed by atoms with Gasteiger partial charge in [0.05, 0.1) is 0 Å². The Bertz CT molecular complexity index is 12.0. The van der Waals surface area contributed by atoms with Gasteiger partial charge in [0, 0.05) is 0 Å². The molecule has 2 heteroatoms. The maximum Gasteiger partial charge on any atom is 0.151 e. The van der Waals surface area contributed by atoms with Crippen molar-refractivity contribution >= 4 is 0 Å². The fourth-order valence-corrected chi connectivity index (χ4v) is 0.0680. The SMILES string of the molecule is [CH]1COO1. The molecule has 1 radical (unpaired) electrons. The minimum atomic E-state index is 0.653. The van der Waals surface area contributed by atoms with Crippen LogP contribution in [0.15, 0.2) is 0 Å². The Kier molecular flexibility index (Phi) is 0.381. The van der Waals surface area contributed by atoms with Crippen LogP contribution in [-0.2, 0) is 9.78 Å². The second-order valence-electron chi connectivity index (χ2n) is 0.547. The van der Waals surface area contributed by atoms with E-state index in [1.54, 1.807) is 6.61 Å². The molecule has 4 heavy (non-hydrogen) atoms.